The van der Waals surface area contributed by atoms with Gasteiger partial charge in [-0.05, 0) is 24.5 Å². The molecule has 0 atom stereocenters. The van der Waals surface area contributed by atoms with E-state index in [2.05, 4.69) is 13.8 Å². The van der Waals surface area contributed by atoms with Crippen LogP contribution in [-0.4, -0.2) is 15.0 Å². The van der Waals surface area contributed by atoms with Gasteiger partial charge in [-0.2, -0.15) is 0 Å². The Morgan fingerprint density at radius 3 is 2.17 bits per heavy atom. The third kappa shape index (κ3) is 4.31. The highest BCUT2D eigenvalue weighted by Crippen LogP contribution is 2.35. The van der Waals surface area contributed by atoms with E-state index >= 15 is 0 Å². The first-order chi connectivity index (χ1) is 8.21. The van der Waals surface area contributed by atoms with Crippen LogP contribution >= 0.6 is 23.2 Å². The zero-order valence-electron chi connectivity index (χ0n) is 10.1. The normalized spacial score (nSPS) is 11.9. The van der Waals surface area contributed by atoms with Crippen molar-refractivity contribution in [2.45, 2.75) is 25.2 Å². The molecule has 4 nitrogen and oxygen atoms in total. The number of halogens is 2. The maximum absolute atomic E-state index is 11.2. The predicted molar refractivity (Wildman–Crippen MR) is 72.8 cm³/mol. The van der Waals surface area contributed by atoms with E-state index in [0.717, 1.165) is 6.42 Å². The second kappa shape index (κ2) is 6.10. The van der Waals surface area contributed by atoms with Crippen LogP contribution in [0, 0.1) is 5.92 Å². The standard InChI is InChI=1S/C11H15Cl2NO3S/c1-7(2)3-4-17-11-9(12)5-8(6-10(11)13)18(14,15)16/h5-7H,3-4H2,1-2H3,(H2,14,15,16). The minimum absolute atomic E-state index is 0.131. The van der Waals surface area contributed by atoms with Crippen molar-refractivity contribution >= 4 is 33.2 Å². The quantitative estimate of drug-likeness (QED) is 0.908. The Kier molecular flexibility index (Phi) is 5.28. The van der Waals surface area contributed by atoms with Gasteiger partial charge in [-0.3, -0.25) is 0 Å². The maximum atomic E-state index is 11.2. The van der Waals surface area contributed by atoms with Crippen LogP contribution in [0.25, 0.3) is 0 Å². The summed E-state index contributed by atoms with van der Waals surface area (Å²) in [4.78, 5) is -0.131. The Morgan fingerprint density at radius 2 is 1.78 bits per heavy atom. The van der Waals surface area contributed by atoms with Crippen LogP contribution in [0.2, 0.25) is 10.0 Å². The highest BCUT2D eigenvalue weighted by molar-refractivity contribution is 7.89. The highest BCUT2D eigenvalue weighted by atomic mass is 35.5. The second-order valence-corrected chi connectivity index (χ2v) is 6.67. The first-order valence-electron chi connectivity index (χ1n) is 5.36. The van der Waals surface area contributed by atoms with Crippen molar-refractivity contribution in [1.82, 2.24) is 0 Å². The van der Waals surface area contributed by atoms with Crippen molar-refractivity contribution in [1.29, 1.82) is 0 Å². The molecule has 0 saturated carbocycles. The topological polar surface area (TPSA) is 69.4 Å². The van der Waals surface area contributed by atoms with E-state index in [1.54, 1.807) is 0 Å². The summed E-state index contributed by atoms with van der Waals surface area (Å²) in [6.45, 7) is 4.60. The van der Waals surface area contributed by atoms with E-state index in [9.17, 15) is 8.42 Å². The molecule has 1 rings (SSSR count). The molecule has 7 heteroatoms. The van der Waals surface area contributed by atoms with Crippen molar-refractivity contribution in [3.63, 3.8) is 0 Å². The maximum Gasteiger partial charge on any atom is 0.238 e. The van der Waals surface area contributed by atoms with Gasteiger partial charge >= 0.3 is 0 Å². The van der Waals surface area contributed by atoms with E-state index in [-0.39, 0.29) is 20.7 Å². The van der Waals surface area contributed by atoms with Crippen molar-refractivity contribution in [2.24, 2.45) is 11.1 Å². The molecule has 18 heavy (non-hydrogen) atoms. The number of benzene rings is 1. The molecule has 0 bridgehead atoms. The van der Waals surface area contributed by atoms with Crippen molar-refractivity contribution in [2.75, 3.05) is 6.61 Å². The van der Waals surface area contributed by atoms with Crippen LogP contribution in [-0.2, 0) is 10.0 Å². The molecule has 0 saturated heterocycles. The molecule has 1 aromatic carbocycles. The van der Waals surface area contributed by atoms with Crippen LogP contribution in [0.3, 0.4) is 0 Å². The van der Waals surface area contributed by atoms with Crippen molar-refractivity contribution < 1.29 is 13.2 Å². The van der Waals surface area contributed by atoms with Crippen LogP contribution in [0.15, 0.2) is 17.0 Å². The summed E-state index contributed by atoms with van der Waals surface area (Å²) in [7, 11) is -3.82. The molecule has 0 heterocycles. The average Bonchev–Trinajstić information content (AvgIpc) is 2.20. The van der Waals surface area contributed by atoms with Crippen LogP contribution in [0.1, 0.15) is 20.3 Å². The van der Waals surface area contributed by atoms with Crippen LogP contribution in [0.4, 0.5) is 0 Å². The molecule has 0 aromatic heterocycles. The van der Waals surface area contributed by atoms with Gasteiger partial charge in [-0.1, -0.05) is 37.0 Å². The third-order valence-corrected chi connectivity index (χ3v) is 3.70. The lowest BCUT2D eigenvalue weighted by molar-refractivity contribution is 0.289. The molecule has 2 N–H and O–H groups in total. The summed E-state index contributed by atoms with van der Waals surface area (Å²) in [5.74, 6) is 0.776. The van der Waals surface area contributed by atoms with Gasteiger partial charge in [0.05, 0.1) is 21.5 Å². The Balaban J connectivity index is 2.95. The number of ether oxygens (including phenoxy) is 1. The lowest BCUT2D eigenvalue weighted by atomic mass is 10.1. The number of rotatable bonds is 5. The number of hydrogen-bond donors (Lipinski definition) is 1. The zero-order valence-corrected chi connectivity index (χ0v) is 12.4. The monoisotopic (exact) mass is 311 g/mol. The van der Waals surface area contributed by atoms with Crippen molar-refractivity contribution in [3.8, 4) is 5.75 Å². The lowest BCUT2D eigenvalue weighted by Crippen LogP contribution is -2.12. The molecule has 0 radical (unpaired) electrons. The summed E-state index contributed by atoms with van der Waals surface area (Å²) in [6, 6.07) is 2.46. The Labute approximate surface area is 117 Å². The Hall–Kier alpha value is -0.490. The minimum Gasteiger partial charge on any atom is -0.490 e. The van der Waals surface area contributed by atoms with Gasteiger partial charge in [0.1, 0.15) is 0 Å². The zero-order chi connectivity index (χ0) is 13.9. The molecule has 0 aliphatic carbocycles. The molecule has 0 spiro atoms. The van der Waals surface area contributed by atoms with E-state index in [4.69, 9.17) is 33.1 Å². The fourth-order valence-corrected chi connectivity index (χ4v) is 2.53. The largest absolute Gasteiger partial charge is 0.490 e. The van der Waals surface area contributed by atoms with Gasteiger partial charge in [0.2, 0.25) is 10.0 Å². The van der Waals surface area contributed by atoms with E-state index in [1.165, 1.54) is 12.1 Å². The molecule has 102 valence electrons. The smallest absolute Gasteiger partial charge is 0.238 e. The molecular formula is C11H15Cl2NO3S. The van der Waals surface area contributed by atoms with E-state index < -0.39 is 10.0 Å². The molecular weight excluding hydrogens is 297 g/mol. The number of primary sulfonamides is 1. The van der Waals surface area contributed by atoms with Crippen molar-refractivity contribution in [3.05, 3.63) is 22.2 Å². The van der Waals surface area contributed by atoms with Gasteiger partial charge in [0.15, 0.2) is 5.75 Å². The van der Waals surface area contributed by atoms with E-state index in [0.29, 0.717) is 12.5 Å². The highest BCUT2D eigenvalue weighted by Gasteiger charge is 2.15. The first-order valence-corrected chi connectivity index (χ1v) is 7.66. The van der Waals surface area contributed by atoms with Gasteiger partial charge in [0.25, 0.3) is 0 Å². The SMILES string of the molecule is CC(C)CCOc1c(Cl)cc(S(N)(=O)=O)cc1Cl. The summed E-state index contributed by atoms with van der Waals surface area (Å²) in [5, 5.41) is 5.27. The summed E-state index contributed by atoms with van der Waals surface area (Å²) >= 11 is 11.9. The van der Waals surface area contributed by atoms with E-state index in [1.807, 2.05) is 0 Å². The van der Waals surface area contributed by atoms with Gasteiger partial charge in [-0.25, -0.2) is 13.6 Å². The Bertz CT molecular complexity index is 506. The second-order valence-electron chi connectivity index (χ2n) is 4.29. The summed E-state index contributed by atoms with van der Waals surface area (Å²) in [5.41, 5.74) is 0. The van der Waals surface area contributed by atoms with Crippen LogP contribution < -0.4 is 9.88 Å². The van der Waals surface area contributed by atoms with Gasteiger partial charge < -0.3 is 4.74 Å². The molecule has 0 aliphatic rings. The molecule has 0 amide bonds. The minimum atomic E-state index is -3.82. The molecule has 0 unspecified atom stereocenters. The number of sulfonamides is 1. The van der Waals surface area contributed by atoms with Crippen LogP contribution in [0.5, 0.6) is 5.75 Å². The van der Waals surface area contributed by atoms with Gasteiger partial charge in [-0.15, -0.1) is 0 Å². The molecule has 0 aliphatic heterocycles. The number of nitrogens with two attached hydrogens (primary N) is 1. The van der Waals surface area contributed by atoms with Gasteiger partial charge in [0, 0.05) is 0 Å². The predicted octanol–water partition coefficient (Wildman–Crippen LogP) is 3.07. The Morgan fingerprint density at radius 1 is 1.28 bits per heavy atom. The lowest BCUT2D eigenvalue weighted by Gasteiger charge is -2.12. The molecule has 1 aromatic rings. The fourth-order valence-electron chi connectivity index (χ4n) is 1.24. The molecule has 0 fully saturated rings. The summed E-state index contributed by atoms with van der Waals surface area (Å²) < 4.78 is 27.8. The number of hydrogen-bond acceptors (Lipinski definition) is 3. The third-order valence-electron chi connectivity index (χ3n) is 2.24. The fraction of sp³-hybridized carbons (Fsp3) is 0.455. The average molecular weight is 312 g/mol. The summed E-state index contributed by atoms with van der Waals surface area (Å²) in [6.07, 6.45) is 0.851. The first kappa shape index (κ1) is 15.6.